The molecular weight excluding hydrogens is 456 g/mol. The zero-order valence-corrected chi connectivity index (χ0v) is 20.6. The molecular formula is C23H32N6O4S. The van der Waals surface area contributed by atoms with E-state index >= 15 is 0 Å². The van der Waals surface area contributed by atoms with Crippen LogP contribution in [0.25, 0.3) is 16.7 Å². The predicted octanol–water partition coefficient (Wildman–Crippen LogP) is 2.44. The number of hydrogen-bond donors (Lipinski definition) is 2. The first-order chi connectivity index (χ1) is 16.3. The lowest BCUT2D eigenvalue weighted by molar-refractivity contribution is 0.175. The van der Waals surface area contributed by atoms with Gasteiger partial charge < -0.3 is 15.2 Å². The van der Waals surface area contributed by atoms with Crippen LogP contribution in [0.4, 0.5) is 5.95 Å². The highest BCUT2D eigenvalue weighted by molar-refractivity contribution is 7.88. The number of hydrogen-bond acceptors (Lipinski definition) is 8. The summed E-state index contributed by atoms with van der Waals surface area (Å²) < 4.78 is 32.7. The molecule has 11 heteroatoms. The van der Waals surface area contributed by atoms with Gasteiger partial charge in [-0.15, -0.1) is 0 Å². The molecule has 0 amide bonds. The van der Waals surface area contributed by atoms with Gasteiger partial charge in [-0.3, -0.25) is 0 Å². The second-order valence-corrected chi connectivity index (χ2v) is 11.1. The number of fused-ring (bicyclic) bond motifs is 1. The third-order valence-electron chi connectivity index (χ3n) is 6.33. The van der Waals surface area contributed by atoms with E-state index in [-0.39, 0.29) is 24.6 Å². The van der Waals surface area contributed by atoms with Crippen LogP contribution < -0.4 is 10.1 Å². The van der Waals surface area contributed by atoms with E-state index < -0.39 is 10.0 Å². The third kappa shape index (κ3) is 5.48. The van der Waals surface area contributed by atoms with Crippen LogP contribution in [-0.2, 0) is 10.0 Å². The first-order valence-corrected chi connectivity index (χ1v) is 13.3. The standard InChI is InChI=1S/C23H32N6O4S/c1-16(14-30)15-33-21-6-4-5-20-19(21)13-25-29(20)22-11-12-24-23(27-22)26-17-7-9-18(10-8-17)28(2)34(3,31)32/h4-6,11-13,16-18,30H,7-10,14-15H2,1-3H3,(H,24,26,27)/t16-,17-,18-/m0/s1. The van der Waals surface area contributed by atoms with Gasteiger partial charge >= 0.3 is 0 Å². The monoisotopic (exact) mass is 488 g/mol. The predicted molar refractivity (Wildman–Crippen MR) is 131 cm³/mol. The zero-order valence-electron chi connectivity index (χ0n) is 19.8. The minimum atomic E-state index is -3.18. The Hall–Kier alpha value is -2.76. The number of rotatable bonds is 9. The molecule has 1 saturated carbocycles. The lowest BCUT2D eigenvalue weighted by Crippen LogP contribution is -2.41. The number of aliphatic hydroxyl groups excluding tert-OH is 1. The van der Waals surface area contributed by atoms with E-state index in [1.807, 2.05) is 25.1 Å². The summed E-state index contributed by atoms with van der Waals surface area (Å²) in [6.45, 7) is 2.42. The fourth-order valence-electron chi connectivity index (χ4n) is 4.19. The van der Waals surface area contributed by atoms with E-state index in [9.17, 15) is 13.5 Å². The third-order valence-corrected chi connectivity index (χ3v) is 7.68. The van der Waals surface area contributed by atoms with Crippen LogP contribution in [0.5, 0.6) is 5.75 Å². The van der Waals surface area contributed by atoms with Crippen LogP contribution in [0.3, 0.4) is 0 Å². The van der Waals surface area contributed by atoms with Gasteiger partial charge in [0.05, 0.1) is 30.0 Å². The van der Waals surface area contributed by atoms with Gasteiger partial charge in [-0.2, -0.15) is 10.1 Å². The van der Waals surface area contributed by atoms with E-state index in [4.69, 9.17) is 4.74 Å². The molecule has 2 N–H and O–H groups in total. The van der Waals surface area contributed by atoms with E-state index in [1.54, 1.807) is 30.2 Å². The molecule has 0 radical (unpaired) electrons. The Morgan fingerprint density at radius 3 is 2.74 bits per heavy atom. The Balaban J connectivity index is 1.46. The van der Waals surface area contributed by atoms with Crippen molar-refractivity contribution in [3.63, 3.8) is 0 Å². The van der Waals surface area contributed by atoms with E-state index in [1.165, 1.54) is 10.6 Å². The summed E-state index contributed by atoms with van der Waals surface area (Å²) in [5.74, 6) is 1.92. The molecule has 1 aromatic carbocycles. The molecule has 2 heterocycles. The normalized spacial score (nSPS) is 19.9. The summed E-state index contributed by atoms with van der Waals surface area (Å²) in [5, 5.41) is 18.0. The zero-order chi connectivity index (χ0) is 24.3. The van der Waals surface area contributed by atoms with Crippen LogP contribution >= 0.6 is 0 Å². The van der Waals surface area contributed by atoms with Crippen molar-refractivity contribution in [3.8, 4) is 11.6 Å². The molecule has 34 heavy (non-hydrogen) atoms. The summed E-state index contributed by atoms with van der Waals surface area (Å²) in [4.78, 5) is 9.04. The molecule has 1 aliphatic rings. The Bertz CT molecular complexity index is 1220. The van der Waals surface area contributed by atoms with E-state index in [2.05, 4.69) is 20.4 Å². The summed E-state index contributed by atoms with van der Waals surface area (Å²) in [6.07, 6.45) is 7.98. The lowest BCUT2D eigenvalue weighted by atomic mass is 9.91. The molecule has 2 aromatic heterocycles. The smallest absolute Gasteiger partial charge is 0.224 e. The molecule has 0 spiro atoms. The van der Waals surface area contributed by atoms with Crippen LogP contribution in [0, 0.1) is 5.92 Å². The highest BCUT2D eigenvalue weighted by Crippen LogP contribution is 2.28. The van der Waals surface area contributed by atoms with Crippen molar-refractivity contribution in [3.05, 3.63) is 36.7 Å². The number of benzene rings is 1. The van der Waals surface area contributed by atoms with Crippen molar-refractivity contribution in [2.75, 3.05) is 31.8 Å². The summed E-state index contributed by atoms with van der Waals surface area (Å²) in [7, 11) is -1.53. The molecule has 0 saturated heterocycles. The molecule has 1 fully saturated rings. The second-order valence-electron chi connectivity index (χ2n) is 9.01. The highest BCUT2D eigenvalue weighted by atomic mass is 32.2. The summed E-state index contributed by atoms with van der Waals surface area (Å²) in [6, 6.07) is 7.78. The first kappa shape index (κ1) is 24.4. The fourth-order valence-corrected chi connectivity index (χ4v) is 4.94. The van der Waals surface area contributed by atoms with Crippen LogP contribution in [0.2, 0.25) is 0 Å². The van der Waals surface area contributed by atoms with E-state index in [0.29, 0.717) is 24.1 Å². The minimum Gasteiger partial charge on any atom is -0.492 e. The number of aromatic nitrogens is 4. The number of ether oxygens (including phenoxy) is 1. The largest absolute Gasteiger partial charge is 0.492 e. The Labute approximate surface area is 200 Å². The van der Waals surface area contributed by atoms with Gasteiger partial charge in [0.25, 0.3) is 0 Å². The van der Waals surface area contributed by atoms with Crippen molar-refractivity contribution in [1.29, 1.82) is 0 Å². The number of sulfonamides is 1. The van der Waals surface area contributed by atoms with Gasteiger partial charge in [0.2, 0.25) is 16.0 Å². The Morgan fingerprint density at radius 1 is 1.26 bits per heavy atom. The number of aliphatic hydroxyl groups is 1. The van der Waals surface area contributed by atoms with Crippen molar-refractivity contribution in [1.82, 2.24) is 24.1 Å². The Kier molecular flexibility index (Phi) is 7.34. The van der Waals surface area contributed by atoms with Crippen molar-refractivity contribution in [2.24, 2.45) is 5.92 Å². The van der Waals surface area contributed by atoms with Gasteiger partial charge in [-0.05, 0) is 37.8 Å². The van der Waals surface area contributed by atoms with Gasteiger partial charge in [0, 0.05) is 43.9 Å². The second kappa shape index (κ2) is 10.2. The average Bonchev–Trinajstić information content (AvgIpc) is 3.27. The molecule has 0 bridgehead atoms. The maximum Gasteiger partial charge on any atom is 0.224 e. The topological polar surface area (TPSA) is 122 Å². The van der Waals surface area contributed by atoms with Crippen LogP contribution in [0.15, 0.2) is 36.7 Å². The highest BCUT2D eigenvalue weighted by Gasteiger charge is 2.28. The number of nitrogens with zero attached hydrogens (tertiary/aromatic N) is 5. The van der Waals surface area contributed by atoms with Gasteiger partial charge in [-0.1, -0.05) is 13.0 Å². The molecule has 0 unspecified atom stereocenters. The maximum absolute atomic E-state index is 11.8. The van der Waals surface area contributed by atoms with Crippen molar-refractivity contribution >= 4 is 26.9 Å². The van der Waals surface area contributed by atoms with Gasteiger partial charge in [0.15, 0.2) is 5.82 Å². The quantitative estimate of drug-likeness (QED) is 0.471. The molecule has 1 atom stereocenters. The van der Waals surface area contributed by atoms with Crippen LogP contribution in [0.1, 0.15) is 32.6 Å². The van der Waals surface area contributed by atoms with E-state index in [0.717, 1.165) is 36.6 Å². The minimum absolute atomic E-state index is 0.0347. The number of nitrogens with one attached hydrogen (secondary N) is 1. The molecule has 10 nitrogen and oxygen atoms in total. The van der Waals surface area contributed by atoms with Crippen molar-refractivity contribution < 1.29 is 18.3 Å². The van der Waals surface area contributed by atoms with Gasteiger partial charge in [0.1, 0.15) is 5.75 Å². The average molecular weight is 489 g/mol. The fraction of sp³-hybridized carbons (Fsp3) is 0.522. The summed E-state index contributed by atoms with van der Waals surface area (Å²) >= 11 is 0. The Morgan fingerprint density at radius 2 is 2.03 bits per heavy atom. The first-order valence-electron chi connectivity index (χ1n) is 11.5. The maximum atomic E-state index is 11.8. The molecule has 184 valence electrons. The number of anilines is 1. The molecule has 3 aromatic rings. The summed E-state index contributed by atoms with van der Waals surface area (Å²) in [5.41, 5.74) is 0.864. The molecule has 0 aliphatic heterocycles. The SMILES string of the molecule is C[C@@H](CO)COc1cccc2c1cnn2-c1ccnc(N[C@H]2CC[C@H](N(C)S(C)(=O)=O)CC2)n1. The van der Waals surface area contributed by atoms with Crippen molar-refractivity contribution in [2.45, 2.75) is 44.7 Å². The molecule has 1 aliphatic carbocycles. The van der Waals surface area contributed by atoms with Crippen LogP contribution in [-0.4, -0.2) is 76.2 Å². The molecule has 4 rings (SSSR count). The lowest BCUT2D eigenvalue weighted by Gasteiger charge is -2.33. The van der Waals surface area contributed by atoms with Gasteiger partial charge in [-0.25, -0.2) is 22.4 Å².